The summed E-state index contributed by atoms with van der Waals surface area (Å²) >= 11 is 2.09. The fourth-order valence-corrected chi connectivity index (χ4v) is 2.96. The van der Waals surface area contributed by atoms with Gasteiger partial charge in [0.15, 0.2) is 3.77 Å². The molecule has 23 heavy (non-hydrogen) atoms. The molecule has 6 heteroatoms. The molecule has 1 aliphatic heterocycles. The minimum absolute atomic E-state index is 0.00163. The van der Waals surface area contributed by atoms with Gasteiger partial charge in [-0.1, -0.05) is 0 Å². The van der Waals surface area contributed by atoms with Crippen LogP contribution in [0, 0.1) is 3.77 Å². The van der Waals surface area contributed by atoms with Gasteiger partial charge in [0.05, 0.1) is 0 Å². The molecule has 1 fully saturated rings. The van der Waals surface area contributed by atoms with Crippen molar-refractivity contribution < 1.29 is 14.3 Å². The third kappa shape index (κ3) is 4.07. The van der Waals surface area contributed by atoms with Gasteiger partial charge in [-0.3, -0.25) is 4.79 Å². The van der Waals surface area contributed by atoms with E-state index in [1.165, 1.54) is 0 Å². The lowest BCUT2D eigenvalue weighted by Gasteiger charge is -2.35. The van der Waals surface area contributed by atoms with E-state index in [1.54, 1.807) is 24.3 Å². The molecule has 5 nitrogen and oxygen atoms in total. The van der Waals surface area contributed by atoms with Crippen molar-refractivity contribution >= 4 is 40.3 Å². The topological polar surface area (TPSA) is 56.9 Å². The lowest BCUT2D eigenvalue weighted by molar-refractivity contribution is -0.126. The highest BCUT2D eigenvalue weighted by Gasteiger charge is 2.19. The number of hydrogen-bond donors (Lipinski definition) is 1. The quantitative estimate of drug-likeness (QED) is 0.608. The molecular weight excluding hydrogens is 407 g/mol. The normalized spacial score (nSPS) is 15.3. The van der Waals surface area contributed by atoms with Crippen LogP contribution in [0.5, 0.6) is 5.75 Å². The highest BCUT2D eigenvalue weighted by atomic mass is 127. The number of hydrogen-bond acceptors (Lipinski definition) is 4. The zero-order chi connectivity index (χ0) is 16.2. The third-order valence-corrected chi connectivity index (χ3v) is 4.37. The summed E-state index contributed by atoms with van der Waals surface area (Å²) in [4.78, 5) is 16.3. The van der Waals surface area contributed by atoms with E-state index in [4.69, 9.17) is 4.42 Å². The molecule has 1 aromatic heterocycles. The summed E-state index contributed by atoms with van der Waals surface area (Å²) in [5.74, 6) is 0.951. The second-order valence-corrected chi connectivity index (χ2v) is 6.37. The fraction of sp³-hybridized carbons (Fsp3) is 0.235. The highest BCUT2D eigenvalue weighted by molar-refractivity contribution is 14.1. The molecule has 1 amide bonds. The van der Waals surface area contributed by atoms with Crippen LogP contribution in [-0.4, -0.2) is 42.1 Å². The molecular formula is C17H17IN2O3. The van der Waals surface area contributed by atoms with Crippen LogP contribution in [-0.2, 0) is 4.79 Å². The van der Waals surface area contributed by atoms with Crippen molar-refractivity contribution in [1.82, 2.24) is 4.90 Å². The zero-order valence-corrected chi connectivity index (χ0v) is 14.6. The maximum Gasteiger partial charge on any atom is 0.246 e. The third-order valence-electron chi connectivity index (χ3n) is 3.79. The van der Waals surface area contributed by atoms with Crippen molar-refractivity contribution in [3.05, 3.63) is 52.0 Å². The zero-order valence-electron chi connectivity index (χ0n) is 12.5. The maximum absolute atomic E-state index is 12.2. The summed E-state index contributed by atoms with van der Waals surface area (Å²) in [7, 11) is 0. The predicted molar refractivity (Wildman–Crippen MR) is 97.4 cm³/mol. The van der Waals surface area contributed by atoms with Crippen LogP contribution < -0.4 is 4.90 Å². The highest BCUT2D eigenvalue weighted by Crippen LogP contribution is 2.20. The molecule has 3 rings (SSSR count). The second kappa shape index (κ2) is 7.08. The first-order valence-electron chi connectivity index (χ1n) is 7.38. The average Bonchev–Trinajstić information content (AvgIpc) is 2.99. The lowest BCUT2D eigenvalue weighted by Crippen LogP contribution is -2.48. The molecule has 0 saturated carbocycles. The number of carbonyl (C=O) groups is 1. The largest absolute Gasteiger partial charge is 0.508 e. The van der Waals surface area contributed by atoms with E-state index in [9.17, 15) is 9.90 Å². The molecule has 1 N–H and O–H groups in total. The molecule has 0 radical (unpaired) electrons. The fourth-order valence-electron chi connectivity index (χ4n) is 2.53. The average molecular weight is 424 g/mol. The van der Waals surface area contributed by atoms with Gasteiger partial charge in [-0.2, -0.15) is 0 Å². The second-order valence-electron chi connectivity index (χ2n) is 5.30. The number of piperazine rings is 1. The molecule has 1 aliphatic rings. The Morgan fingerprint density at radius 3 is 2.39 bits per heavy atom. The standard InChI is InChI=1S/C17H17IN2O3/c18-16-7-5-15(23-16)6-8-17(22)20-11-9-19(10-12-20)13-1-3-14(21)4-2-13/h1-8,21H,9-12H2/b8-6+. The molecule has 2 aromatic rings. The molecule has 1 saturated heterocycles. The van der Waals surface area contributed by atoms with Crippen molar-refractivity contribution in [2.24, 2.45) is 0 Å². The van der Waals surface area contributed by atoms with Crippen LogP contribution in [0.3, 0.4) is 0 Å². The summed E-state index contributed by atoms with van der Waals surface area (Å²) in [5, 5.41) is 9.34. The van der Waals surface area contributed by atoms with Crippen molar-refractivity contribution in [2.45, 2.75) is 0 Å². The number of nitrogens with zero attached hydrogens (tertiary/aromatic N) is 2. The molecule has 0 atom stereocenters. The van der Waals surface area contributed by atoms with Gasteiger partial charge in [-0.25, -0.2) is 0 Å². The number of aromatic hydroxyl groups is 1. The van der Waals surface area contributed by atoms with Crippen LogP contribution >= 0.6 is 22.6 Å². The van der Waals surface area contributed by atoms with Crippen LogP contribution in [0.2, 0.25) is 0 Å². The van der Waals surface area contributed by atoms with Crippen LogP contribution in [0.25, 0.3) is 6.08 Å². The Labute approximate surface area is 148 Å². The Morgan fingerprint density at radius 1 is 1.09 bits per heavy atom. The Morgan fingerprint density at radius 2 is 1.78 bits per heavy atom. The molecule has 0 unspecified atom stereocenters. The first-order valence-corrected chi connectivity index (χ1v) is 8.46. The summed E-state index contributed by atoms with van der Waals surface area (Å²) in [6.45, 7) is 2.92. The minimum atomic E-state index is 0.00163. The van der Waals surface area contributed by atoms with Gasteiger partial charge in [0, 0.05) is 37.9 Å². The predicted octanol–water partition coefficient (Wildman–Crippen LogP) is 2.95. The van der Waals surface area contributed by atoms with Crippen LogP contribution in [0.1, 0.15) is 5.76 Å². The molecule has 120 valence electrons. The number of furan rings is 1. The Balaban J connectivity index is 1.55. The van der Waals surface area contributed by atoms with Gasteiger partial charge >= 0.3 is 0 Å². The summed E-state index contributed by atoms with van der Waals surface area (Å²) in [6, 6.07) is 10.9. The monoisotopic (exact) mass is 424 g/mol. The minimum Gasteiger partial charge on any atom is -0.508 e. The first kappa shape index (κ1) is 15.9. The van der Waals surface area contributed by atoms with E-state index in [1.807, 2.05) is 29.2 Å². The number of amides is 1. The molecule has 0 bridgehead atoms. The number of halogens is 1. The first-order chi connectivity index (χ1) is 11.1. The van der Waals surface area contributed by atoms with Crippen molar-refractivity contribution in [2.75, 3.05) is 31.1 Å². The summed E-state index contributed by atoms with van der Waals surface area (Å²) < 4.78 is 6.21. The smallest absolute Gasteiger partial charge is 0.246 e. The van der Waals surface area contributed by atoms with Crippen LogP contribution in [0.15, 0.2) is 46.9 Å². The number of phenolic OH excluding ortho intramolecular Hbond substituents is 1. The van der Waals surface area contributed by atoms with Gasteiger partial charge in [-0.15, -0.1) is 0 Å². The number of benzene rings is 1. The van der Waals surface area contributed by atoms with Crippen molar-refractivity contribution in [3.8, 4) is 5.75 Å². The van der Waals surface area contributed by atoms with E-state index in [2.05, 4.69) is 27.5 Å². The van der Waals surface area contributed by atoms with E-state index < -0.39 is 0 Å². The van der Waals surface area contributed by atoms with E-state index in [0.717, 1.165) is 22.5 Å². The van der Waals surface area contributed by atoms with Gasteiger partial charge in [0.2, 0.25) is 5.91 Å². The van der Waals surface area contributed by atoms with Crippen molar-refractivity contribution in [1.29, 1.82) is 0 Å². The number of carbonyl (C=O) groups excluding carboxylic acids is 1. The molecule has 0 aliphatic carbocycles. The van der Waals surface area contributed by atoms with E-state index in [0.29, 0.717) is 18.8 Å². The van der Waals surface area contributed by atoms with Gasteiger partial charge in [-0.05, 0) is 65.1 Å². The molecule has 0 spiro atoms. The van der Waals surface area contributed by atoms with E-state index >= 15 is 0 Å². The van der Waals surface area contributed by atoms with Gasteiger partial charge in [0.25, 0.3) is 0 Å². The SMILES string of the molecule is O=C(/C=C/c1ccc(I)o1)N1CCN(c2ccc(O)cc2)CC1. The Kier molecular flexibility index (Phi) is 4.90. The van der Waals surface area contributed by atoms with Crippen LogP contribution in [0.4, 0.5) is 5.69 Å². The van der Waals surface area contributed by atoms with Crippen molar-refractivity contribution in [3.63, 3.8) is 0 Å². The van der Waals surface area contributed by atoms with Gasteiger partial charge in [0.1, 0.15) is 11.5 Å². The maximum atomic E-state index is 12.2. The van der Waals surface area contributed by atoms with Gasteiger partial charge < -0.3 is 19.3 Å². The van der Waals surface area contributed by atoms with E-state index in [-0.39, 0.29) is 11.7 Å². The molecule has 1 aromatic carbocycles. The Bertz CT molecular complexity index is 701. The number of anilines is 1. The lowest BCUT2D eigenvalue weighted by atomic mass is 10.2. The molecule has 2 heterocycles. The number of rotatable bonds is 3. The summed E-state index contributed by atoms with van der Waals surface area (Å²) in [6.07, 6.45) is 3.27. The number of phenols is 1. The Hall–Kier alpha value is -1.96. The summed E-state index contributed by atoms with van der Waals surface area (Å²) in [5.41, 5.74) is 1.07.